The zero-order chi connectivity index (χ0) is 25.0. The first kappa shape index (κ1) is 26.2. The predicted molar refractivity (Wildman–Crippen MR) is 137 cm³/mol. The summed E-state index contributed by atoms with van der Waals surface area (Å²) in [6.07, 6.45) is -0.664. The minimum atomic E-state index is -0.869. The summed E-state index contributed by atoms with van der Waals surface area (Å²) in [5.74, 6) is -1.47. The van der Waals surface area contributed by atoms with E-state index >= 15 is 0 Å². The van der Waals surface area contributed by atoms with Gasteiger partial charge in [-0.05, 0) is 23.5 Å². The summed E-state index contributed by atoms with van der Waals surface area (Å²) in [5, 5.41) is 19.0. The van der Waals surface area contributed by atoms with E-state index in [0.29, 0.717) is 6.54 Å². The Bertz CT molecular complexity index is 1000. The summed E-state index contributed by atoms with van der Waals surface area (Å²) in [5.41, 5.74) is 4.57. The van der Waals surface area contributed by atoms with Crippen LogP contribution in [-0.4, -0.2) is 63.8 Å². The molecule has 1 saturated heterocycles. The van der Waals surface area contributed by atoms with Crippen LogP contribution in [0.4, 0.5) is 0 Å². The van der Waals surface area contributed by atoms with E-state index in [1.165, 1.54) is 9.81 Å². The average Bonchev–Trinajstić information content (AvgIpc) is 3.40. The van der Waals surface area contributed by atoms with Crippen LogP contribution < -0.4 is 16.0 Å². The number of aliphatic hydroxyl groups excluding tert-OH is 1. The Kier molecular flexibility index (Phi) is 8.43. The van der Waals surface area contributed by atoms with E-state index in [1.807, 2.05) is 57.5 Å². The standard InChI is InChI=1S/C24H33ClN4O4S/c1-14-20(34-13-27-14)16-7-5-15(6-8-16)11-26-22(32)18-9-17(30)12-29(18)23(33)21(24(2,3)4)28-19(31)10-25/h5-8,13,17-18,21,27,30,34H,9-12H2,1-4H3,(H,26,32)(H,28,31)/t17-,18+,21-/m1/s1. The Balaban J connectivity index is 1.67. The molecule has 3 atom stereocenters. The molecule has 0 spiro atoms. The largest absolute Gasteiger partial charge is 0.391 e. The number of benzene rings is 1. The highest BCUT2D eigenvalue weighted by Gasteiger charge is 2.44. The summed E-state index contributed by atoms with van der Waals surface area (Å²) in [7, 11) is 0. The number of likely N-dealkylation sites (tertiary alicyclic amines) is 1. The molecule has 0 radical (unpaired) electrons. The molecule has 3 amide bonds. The second-order valence-electron chi connectivity index (χ2n) is 9.69. The first-order chi connectivity index (χ1) is 16.0. The van der Waals surface area contributed by atoms with Gasteiger partial charge in [-0.2, -0.15) is 11.4 Å². The van der Waals surface area contributed by atoms with Gasteiger partial charge in [0.15, 0.2) is 0 Å². The number of thiol groups is 1. The monoisotopic (exact) mass is 508 g/mol. The van der Waals surface area contributed by atoms with Crippen molar-refractivity contribution in [3.05, 3.63) is 41.1 Å². The summed E-state index contributed by atoms with van der Waals surface area (Å²) in [6, 6.07) is 6.30. The van der Waals surface area contributed by atoms with E-state index < -0.39 is 35.4 Å². The fraction of sp³-hybridized carbons (Fsp3) is 0.500. The van der Waals surface area contributed by atoms with Gasteiger partial charge in [-0.1, -0.05) is 45.0 Å². The third-order valence-corrected chi connectivity index (χ3v) is 7.28. The fourth-order valence-electron chi connectivity index (χ4n) is 4.06. The van der Waals surface area contributed by atoms with Gasteiger partial charge in [0.1, 0.15) is 18.0 Å². The van der Waals surface area contributed by atoms with E-state index in [-0.39, 0.29) is 24.8 Å². The number of carbonyl (C=O) groups excluding carboxylic acids is 3. The van der Waals surface area contributed by atoms with Crippen LogP contribution in [0.15, 0.2) is 30.0 Å². The first-order valence-corrected chi connectivity index (χ1v) is 12.7. The molecule has 3 rings (SSSR count). The number of amides is 3. The molecule has 0 aliphatic carbocycles. The third kappa shape index (κ3) is 6.20. The minimum absolute atomic E-state index is 0.0354. The molecule has 2 aliphatic rings. The highest BCUT2D eigenvalue weighted by molar-refractivity contribution is 8.06. The highest BCUT2D eigenvalue weighted by Crippen LogP contribution is 2.28. The molecule has 8 nitrogen and oxygen atoms in total. The van der Waals surface area contributed by atoms with Crippen molar-refractivity contribution in [2.75, 3.05) is 12.4 Å². The third-order valence-electron chi connectivity index (χ3n) is 5.93. The molecule has 1 aromatic carbocycles. The molecule has 0 aromatic heterocycles. The number of allylic oxidation sites excluding steroid dienone is 1. The van der Waals surface area contributed by atoms with Gasteiger partial charge in [0.05, 0.1) is 6.10 Å². The van der Waals surface area contributed by atoms with Crippen LogP contribution in [0.2, 0.25) is 0 Å². The molecular weight excluding hydrogens is 476 g/mol. The Morgan fingerprint density at radius 3 is 2.50 bits per heavy atom. The number of hydrogen-bond acceptors (Lipinski definition) is 5. The number of aliphatic hydroxyl groups is 1. The van der Waals surface area contributed by atoms with Crippen LogP contribution in [0.3, 0.4) is 0 Å². The van der Waals surface area contributed by atoms with Gasteiger partial charge < -0.3 is 26.0 Å². The predicted octanol–water partition coefficient (Wildman–Crippen LogP) is 1.55. The van der Waals surface area contributed by atoms with Crippen molar-refractivity contribution in [3.63, 3.8) is 0 Å². The minimum Gasteiger partial charge on any atom is -0.391 e. The van der Waals surface area contributed by atoms with Crippen molar-refractivity contribution >= 4 is 51.1 Å². The molecule has 2 heterocycles. The molecule has 0 saturated carbocycles. The van der Waals surface area contributed by atoms with Gasteiger partial charge in [0, 0.05) is 35.6 Å². The lowest BCUT2D eigenvalue weighted by atomic mass is 9.85. The van der Waals surface area contributed by atoms with Gasteiger partial charge in [0.25, 0.3) is 0 Å². The Morgan fingerprint density at radius 2 is 1.94 bits per heavy atom. The van der Waals surface area contributed by atoms with Crippen LogP contribution in [0, 0.1) is 5.41 Å². The maximum Gasteiger partial charge on any atom is 0.246 e. The summed E-state index contributed by atoms with van der Waals surface area (Å²) in [4.78, 5) is 40.8. The molecule has 10 heteroatoms. The number of nitrogens with one attached hydrogen (secondary N) is 3. The van der Waals surface area contributed by atoms with Crippen LogP contribution >= 0.6 is 23.0 Å². The van der Waals surface area contributed by atoms with Crippen LogP contribution in [0.25, 0.3) is 4.91 Å². The number of alkyl halides is 1. The maximum atomic E-state index is 13.3. The second kappa shape index (κ2) is 10.9. The van der Waals surface area contributed by atoms with Gasteiger partial charge in [-0.15, -0.1) is 11.6 Å². The zero-order valence-electron chi connectivity index (χ0n) is 19.9. The zero-order valence-corrected chi connectivity index (χ0v) is 21.5. The second-order valence-corrected chi connectivity index (χ2v) is 10.9. The normalized spacial score (nSPS) is 21.1. The molecule has 0 bridgehead atoms. The topological polar surface area (TPSA) is 111 Å². The van der Waals surface area contributed by atoms with Crippen molar-refractivity contribution in [1.29, 1.82) is 0 Å². The Hall–Kier alpha value is -2.36. The van der Waals surface area contributed by atoms with E-state index in [0.717, 1.165) is 28.2 Å². The first-order valence-electron chi connectivity index (χ1n) is 11.2. The molecule has 1 aromatic rings. The molecule has 4 N–H and O–H groups in total. The number of nitrogens with zero attached hydrogens (tertiary/aromatic N) is 1. The van der Waals surface area contributed by atoms with Crippen molar-refractivity contribution < 1.29 is 19.5 Å². The van der Waals surface area contributed by atoms with Gasteiger partial charge in [0.2, 0.25) is 17.7 Å². The SMILES string of the molecule is CC1=C(c2ccc(CNC(=O)[C@@H]3C[C@@H](O)CN3C(=O)[C@@H](NC(=O)CCl)C(C)(C)C)cc2)[SH]=CN1. The molecule has 186 valence electrons. The molecule has 2 aliphatic heterocycles. The van der Waals surface area contributed by atoms with E-state index in [1.54, 1.807) is 0 Å². The summed E-state index contributed by atoms with van der Waals surface area (Å²) < 4.78 is 0. The highest BCUT2D eigenvalue weighted by atomic mass is 35.5. The number of β-amino-alcohol motifs (C(OH)–C–C–N with tert-alkyl or cyclic N) is 1. The van der Waals surface area contributed by atoms with Gasteiger partial charge >= 0.3 is 0 Å². The number of rotatable bonds is 7. The summed E-state index contributed by atoms with van der Waals surface area (Å²) in [6.45, 7) is 7.85. The molecule has 1 fully saturated rings. The van der Waals surface area contributed by atoms with Crippen molar-refractivity contribution in [1.82, 2.24) is 20.9 Å². The number of carbonyl (C=O) groups is 3. The van der Waals surface area contributed by atoms with Gasteiger partial charge in [-0.3, -0.25) is 14.4 Å². The molecule has 0 unspecified atom stereocenters. The lowest BCUT2D eigenvalue weighted by Crippen LogP contribution is -2.58. The van der Waals surface area contributed by atoms with Crippen LogP contribution in [0.5, 0.6) is 0 Å². The van der Waals surface area contributed by atoms with Crippen LogP contribution in [-0.2, 0) is 20.9 Å². The average molecular weight is 509 g/mol. The maximum absolute atomic E-state index is 13.3. The van der Waals surface area contributed by atoms with E-state index in [9.17, 15) is 19.5 Å². The van der Waals surface area contributed by atoms with Gasteiger partial charge in [-0.25, -0.2) is 0 Å². The van der Waals surface area contributed by atoms with Crippen LogP contribution in [0.1, 0.15) is 45.2 Å². The van der Waals surface area contributed by atoms with Crippen molar-refractivity contribution in [2.24, 2.45) is 5.41 Å². The van der Waals surface area contributed by atoms with Crippen molar-refractivity contribution in [2.45, 2.75) is 58.8 Å². The van der Waals surface area contributed by atoms with Crippen molar-refractivity contribution in [3.8, 4) is 0 Å². The number of halogens is 1. The molecule has 34 heavy (non-hydrogen) atoms. The lowest BCUT2D eigenvalue weighted by Gasteiger charge is -2.35. The van der Waals surface area contributed by atoms with E-state index in [4.69, 9.17) is 11.6 Å². The molecular formula is C24H33ClN4O4S. The lowest BCUT2D eigenvalue weighted by molar-refractivity contribution is -0.143. The number of hydrogen-bond donors (Lipinski definition) is 5. The smallest absolute Gasteiger partial charge is 0.246 e. The Morgan fingerprint density at radius 1 is 1.26 bits per heavy atom. The summed E-state index contributed by atoms with van der Waals surface area (Å²) >= 11 is 6.74. The quantitative estimate of drug-likeness (QED) is 0.218. The van der Waals surface area contributed by atoms with E-state index in [2.05, 4.69) is 16.0 Å². The Labute approximate surface area is 209 Å². The fourth-order valence-corrected chi connectivity index (χ4v) is 5.08.